The Morgan fingerprint density at radius 2 is 2.05 bits per heavy atom. The molecule has 0 bridgehead atoms. The van der Waals surface area contributed by atoms with Gasteiger partial charge in [0.15, 0.2) is 5.82 Å². The van der Waals surface area contributed by atoms with Crippen LogP contribution >= 0.6 is 0 Å². The van der Waals surface area contributed by atoms with E-state index in [-0.39, 0.29) is 0 Å². The van der Waals surface area contributed by atoms with E-state index in [9.17, 15) is 0 Å². The number of aryl methyl sites for hydroxylation is 1. The second kappa shape index (κ2) is 5.13. The van der Waals surface area contributed by atoms with Crippen molar-refractivity contribution in [3.05, 3.63) is 47.1 Å². The number of rotatable bonds is 5. The fourth-order valence-electron chi connectivity index (χ4n) is 2.20. The van der Waals surface area contributed by atoms with Gasteiger partial charge in [0, 0.05) is 12.5 Å². The normalized spacial score (nSPS) is 15.1. The lowest BCUT2D eigenvalue weighted by atomic mass is 10.1. The van der Waals surface area contributed by atoms with E-state index in [2.05, 4.69) is 53.3 Å². The Morgan fingerprint density at radius 3 is 2.79 bits per heavy atom. The van der Waals surface area contributed by atoms with Crippen LogP contribution in [0.2, 0.25) is 0 Å². The Labute approximate surface area is 113 Å². The highest BCUT2D eigenvalue weighted by Gasteiger charge is 2.28. The summed E-state index contributed by atoms with van der Waals surface area (Å²) in [5.74, 6) is 2.16. The highest BCUT2D eigenvalue weighted by atomic mass is 16.5. The summed E-state index contributed by atoms with van der Waals surface area (Å²) in [6, 6.07) is 8.45. The highest BCUT2D eigenvalue weighted by Crippen LogP contribution is 2.38. The number of hydrogen-bond acceptors (Lipinski definition) is 4. The fraction of sp³-hybridized carbons (Fsp3) is 0.467. The van der Waals surface area contributed by atoms with Crippen molar-refractivity contribution in [3.63, 3.8) is 0 Å². The first-order chi connectivity index (χ1) is 9.22. The van der Waals surface area contributed by atoms with Crippen LogP contribution < -0.4 is 0 Å². The summed E-state index contributed by atoms with van der Waals surface area (Å²) in [5.41, 5.74) is 2.66. The molecule has 0 N–H and O–H groups in total. The number of hydrogen-bond donors (Lipinski definition) is 0. The smallest absolute Gasteiger partial charge is 0.240 e. The van der Waals surface area contributed by atoms with Crippen molar-refractivity contribution in [3.8, 4) is 0 Å². The third kappa shape index (κ3) is 3.01. The molecule has 0 unspecified atom stereocenters. The van der Waals surface area contributed by atoms with Crippen LogP contribution in [0.25, 0.3) is 0 Å². The predicted octanol–water partition coefficient (Wildman–Crippen LogP) is 2.89. The van der Waals surface area contributed by atoms with Gasteiger partial charge >= 0.3 is 0 Å². The second-order valence-corrected chi connectivity index (χ2v) is 5.42. The van der Waals surface area contributed by atoms with E-state index in [1.807, 2.05) is 0 Å². The molecule has 19 heavy (non-hydrogen) atoms. The molecular weight excluding hydrogens is 238 g/mol. The minimum absolute atomic E-state index is 0.555. The lowest BCUT2D eigenvalue weighted by molar-refractivity contribution is 0.260. The van der Waals surface area contributed by atoms with Gasteiger partial charge in [-0.25, -0.2) is 0 Å². The summed E-state index contributed by atoms with van der Waals surface area (Å²) in [4.78, 5) is 6.66. The molecule has 1 aromatic carbocycles. The monoisotopic (exact) mass is 257 g/mol. The van der Waals surface area contributed by atoms with Crippen molar-refractivity contribution in [2.75, 3.05) is 7.05 Å². The average Bonchev–Trinajstić information content (AvgIpc) is 3.14. The fourth-order valence-corrected chi connectivity index (χ4v) is 2.20. The maximum atomic E-state index is 5.30. The Kier molecular flexibility index (Phi) is 3.34. The lowest BCUT2D eigenvalue weighted by Crippen LogP contribution is -2.18. The topological polar surface area (TPSA) is 42.2 Å². The van der Waals surface area contributed by atoms with Gasteiger partial charge in [-0.3, -0.25) is 4.90 Å². The van der Waals surface area contributed by atoms with Crippen molar-refractivity contribution in [2.24, 2.45) is 0 Å². The zero-order chi connectivity index (χ0) is 13.2. The summed E-state index contributed by atoms with van der Waals surface area (Å²) >= 11 is 0. The molecule has 3 rings (SSSR count). The van der Waals surface area contributed by atoms with Crippen molar-refractivity contribution >= 4 is 0 Å². The minimum atomic E-state index is 0.555. The van der Waals surface area contributed by atoms with Crippen LogP contribution in [0.4, 0.5) is 0 Å². The Bertz CT molecular complexity index is 560. The van der Waals surface area contributed by atoms with Gasteiger partial charge in [0.05, 0.1) is 6.54 Å². The third-order valence-electron chi connectivity index (χ3n) is 3.53. The number of nitrogens with zero attached hydrogens (tertiary/aromatic N) is 3. The van der Waals surface area contributed by atoms with E-state index < -0.39 is 0 Å². The molecule has 1 fully saturated rings. The first kappa shape index (κ1) is 12.4. The van der Waals surface area contributed by atoms with Crippen molar-refractivity contribution in [2.45, 2.75) is 38.8 Å². The van der Waals surface area contributed by atoms with Gasteiger partial charge < -0.3 is 4.52 Å². The van der Waals surface area contributed by atoms with E-state index in [0.717, 1.165) is 18.3 Å². The molecule has 1 aliphatic rings. The van der Waals surface area contributed by atoms with Crippen molar-refractivity contribution in [1.29, 1.82) is 0 Å². The maximum absolute atomic E-state index is 5.30. The van der Waals surface area contributed by atoms with Crippen LogP contribution in [0.3, 0.4) is 0 Å². The predicted molar refractivity (Wildman–Crippen MR) is 72.6 cm³/mol. The summed E-state index contributed by atoms with van der Waals surface area (Å²) in [6.07, 6.45) is 2.41. The van der Waals surface area contributed by atoms with Gasteiger partial charge in [-0.05, 0) is 37.9 Å². The molecule has 0 saturated heterocycles. The van der Waals surface area contributed by atoms with Gasteiger partial charge in [0.2, 0.25) is 5.89 Å². The van der Waals surface area contributed by atoms with Gasteiger partial charge in [-0.2, -0.15) is 4.98 Å². The van der Waals surface area contributed by atoms with Crippen LogP contribution in [0.5, 0.6) is 0 Å². The minimum Gasteiger partial charge on any atom is -0.338 e. The molecule has 1 aliphatic carbocycles. The molecule has 4 nitrogen and oxygen atoms in total. The zero-order valence-corrected chi connectivity index (χ0v) is 11.5. The standard InChI is InChI=1S/C15H19N3O/c1-11-5-3-4-6-13(11)9-18(2)10-14-16-15(17-19-14)12-7-8-12/h3-6,12H,7-10H2,1-2H3. The largest absolute Gasteiger partial charge is 0.338 e. The van der Waals surface area contributed by atoms with Gasteiger partial charge in [-0.15, -0.1) is 0 Å². The molecule has 2 aromatic rings. The van der Waals surface area contributed by atoms with Crippen LogP contribution in [0, 0.1) is 6.92 Å². The van der Waals surface area contributed by atoms with Crippen LogP contribution in [0.15, 0.2) is 28.8 Å². The Morgan fingerprint density at radius 1 is 1.26 bits per heavy atom. The molecule has 0 radical (unpaired) electrons. The van der Waals surface area contributed by atoms with Crippen LogP contribution in [0.1, 0.15) is 41.6 Å². The first-order valence-corrected chi connectivity index (χ1v) is 6.78. The molecule has 1 heterocycles. The Balaban J connectivity index is 1.61. The summed E-state index contributed by atoms with van der Waals surface area (Å²) in [7, 11) is 2.08. The summed E-state index contributed by atoms with van der Waals surface area (Å²) < 4.78 is 5.30. The van der Waals surface area contributed by atoms with Gasteiger partial charge in [0.1, 0.15) is 0 Å². The van der Waals surface area contributed by atoms with Gasteiger partial charge in [0.25, 0.3) is 0 Å². The third-order valence-corrected chi connectivity index (χ3v) is 3.53. The molecular formula is C15H19N3O. The van der Waals surface area contributed by atoms with E-state index in [1.165, 1.54) is 24.0 Å². The van der Waals surface area contributed by atoms with E-state index in [0.29, 0.717) is 12.5 Å². The Hall–Kier alpha value is -1.68. The summed E-state index contributed by atoms with van der Waals surface area (Å²) in [5, 5.41) is 4.04. The van der Waals surface area contributed by atoms with E-state index >= 15 is 0 Å². The van der Waals surface area contributed by atoms with E-state index in [1.54, 1.807) is 0 Å². The quantitative estimate of drug-likeness (QED) is 0.826. The molecule has 4 heteroatoms. The lowest BCUT2D eigenvalue weighted by Gasteiger charge is -2.15. The number of aromatic nitrogens is 2. The van der Waals surface area contributed by atoms with Crippen molar-refractivity contribution < 1.29 is 4.52 Å². The summed E-state index contributed by atoms with van der Waals surface area (Å²) in [6.45, 7) is 3.74. The van der Waals surface area contributed by atoms with Gasteiger partial charge in [-0.1, -0.05) is 29.4 Å². The molecule has 0 atom stereocenters. The first-order valence-electron chi connectivity index (χ1n) is 6.78. The SMILES string of the molecule is Cc1ccccc1CN(C)Cc1nc(C2CC2)no1. The molecule has 1 saturated carbocycles. The molecule has 1 aromatic heterocycles. The maximum Gasteiger partial charge on any atom is 0.240 e. The van der Waals surface area contributed by atoms with Crippen LogP contribution in [-0.4, -0.2) is 22.1 Å². The highest BCUT2D eigenvalue weighted by molar-refractivity contribution is 5.25. The molecule has 0 amide bonds. The number of benzene rings is 1. The van der Waals surface area contributed by atoms with Crippen LogP contribution in [-0.2, 0) is 13.1 Å². The van der Waals surface area contributed by atoms with Crippen molar-refractivity contribution in [1.82, 2.24) is 15.0 Å². The van der Waals surface area contributed by atoms with E-state index in [4.69, 9.17) is 4.52 Å². The zero-order valence-electron chi connectivity index (χ0n) is 11.5. The molecule has 0 aliphatic heterocycles. The second-order valence-electron chi connectivity index (χ2n) is 5.42. The molecule has 100 valence electrons. The molecule has 0 spiro atoms. The average molecular weight is 257 g/mol.